The molecule has 0 atom stereocenters. The molecule has 0 aromatic rings. The van der Waals surface area contributed by atoms with Crippen LogP contribution in [0.4, 0.5) is 0 Å². The fourth-order valence-electron chi connectivity index (χ4n) is 0. The molecule has 1 nitrogen and oxygen atoms in total. The van der Waals surface area contributed by atoms with E-state index in [-0.39, 0.29) is 46.5 Å². The van der Waals surface area contributed by atoms with Crippen LogP contribution >= 0.6 is 0 Å². The molecule has 0 fully saturated rings. The van der Waals surface area contributed by atoms with Gasteiger partial charge in [-0.05, 0) is 0 Å². The summed E-state index contributed by atoms with van der Waals surface area (Å²) < 4.78 is 0. The van der Waals surface area contributed by atoms with Crippen LogP contribution in [0.1, 0.15) is 0 Å². The van der Waals surface area contributed by atoms with Crippen LogP contribution < -0.4 is 0 Å². The fraction of sp³-hybridized carbons (Fsp3) is 1.00. The normalized spacial score (nSPS) is 3.00. The van der Waals surface area contributed by atoms with E-state index >= 15 is 0 Å². The molecule has 6 heavy (non-hydrogen) atoms. The molecule has 38 valence electrons. The summed E-state index contributed by atoms with van der Waals surface area (Å²) in [5, 5.41) is 3.50. The van der Waals surface area contributed by atoms with Gasteiger partial charge in [-0.25, -0.2) is 0 Å². The van der Waals surface area contributed by atoms with Crippen LogP contribution in [0.2, 0.25) is 0 Å². The maximum atomic E-state index is 3.50. The zero-order valence-corrected chi connectivity index (χ0v) is 8.80. The zero-order chi connectivity index (χ0) is 2.71. The average Bonchev–Trinajstić information content (AvgIpc) is 0.918. The molecule has 0 amide bonds. The van der Waals surface area contributed by atoms with Gasteiger partial charge in [-0.15, -0.1) is 0 Å². The SMILES string of the molecule is C[N-]C.[SH-].[SH-].[Zn]. The molecule has 0 aliphatic rings. The molecule has 0 spiro atoms. The van der Waals surface area contributed by atoms with Crippen molar-refractivity contribution in [3.05, 3.63) is 5.32 Å². The van der Waals surface area contributed by atoms with Gasteiger partial charge in [-0.2, -0.15) is 14.1 Å². The zero-order valence-electron chi connectivity index (χ0n) is 4.05. The van der Waals surface area contributed by atoms with E-state index in [0.29, 0.717) is 0 Å². The summed E-state index contributed by atoms with van der Waals surface area (Å²) in [7, 11) is 3.50. The molecular formula is C2H8NS2Zn-3. The smallest absolute Gasteiger partial charge is 0 e. The predicted molar refractivity (Wildman–Crippen MR) is 32.7 cm³/mol. The van der Waals surface area contributed by atoms with Crippen LogP contribution in [0.3, 0.4) is 0 Å². The van der Waals surface area contributed by atoms with Gasteiger partial charge in [0.15, 0.2) is 0 Å². The van der Waals surface area contributed by atoms with E-state index in [4.69, 9.17) is 0 Å². The number of nitrogens with zero attached hydrogens (tertiary/aromatic N) is 1. The Hall–Kier alpha value is 1.28. The Labute approximate surface area is 65.9 Å². The van der Waals surface area contributed by atoms with Crippen molar-refractivity contribution in [3.8, 4) is 0 Å². The van der Waals surface area contributed by atoms with Crippen molar-refractivity contribution in [1.29, 1.82) is 0 Å². The van der Waals surface area contributed by atoms with Crippen molar-refractivity contribution in [3.63, 3.8) is 0 Å². The summed E-state index contributed by atoms with van der Waals surface area (Å²) in [6.45, 7) is 0. The molecule has 0 unspecified atom stereocenters. The first-order valence-corrected chi connectivity index (χ1v) is 0.894. The van der Waals surface area contributed by atoms with Crippen molar-refractivity contribution in [2.75, 3.05) is 14.1 Å². The minimum absolute atomic E-state index is 0. The van der Waals surface area contributed by atoms with Gasteiger partial charge in [0.1, 0.15) is 0 Å². The number of hydrogen-bond acceptors (Lipinski definition) is 2. The van der Waals surface area contributed by atoms with E-state index in [1.54, 1.807) is 14.1 Å². The van der Waals surface area contributed by atoms with E-state index in [1.807, 2.05) is 0 Å². The van der Waals surface area contributed by atoms with Crippen molar-refractivity contribution in [1.82, 2.24) is 0 Å². The first kappa shape index (κ1) is 26.7. The van der Waals surface area contributed by atoms with Crippen LogP contribution in [0.25, 0.3) is 5.32 Å². The Morgan fingerprint density at radius 1 is 1.00 bits per heavy atom. The van der Waals surface area contributed by atoms with Crippen LogP contribution in [-0.4, -0.2) is 14.1 Å². The first-order chi connectivity index (χ1) is 1.41. The van der Waals surface area contributed by atoms with Gasteiger partial charge in [-0.1, -0.05) is 0 Å². The first-order valence-electron chi connectivity index (χ1n) is 0.894. The van der Waals surface area contributed by atoms with Gasteiger partial charge in [0.2, 0.25) is 0 Å². The molecule has 0 saturated heterocycles. The maximum absolute atomic E-state index is 3.50. The summed E-state index contributed by atoms with van der Waals surface area (Å²) in [5.41, 5.74) is 0. The van der Waals surface area contributed by atoms with Gasteiger partial charge in [0.25, 0.3) is 0 Å². The van der Waals surface area contributed by atoms with Gasteiger partial charge in [-0.3, -0.25) is 0 Å². The van der Waals surface area contributed by atoms with Crippen LogP contribution in [0.15, 0.2) is 0 Å². The molecule has 0 aliphatic heterocycles. The Kier molecular flexibility index (Phi) is 150. The maximum Gasteiger partial charge on any atom is 0 e. The van der Waals surface area contributed by atoms with E-state index < -0.39 is 0 Å². The third-order valence-corrected chi connectivity index (χ3v) is 0. The number of rotatable bonds is 0. The third kappa shape index (κ3) is 58.9. The topological polar surface area (TPSA) is 14.1 Å². The Balaban J connectivity index is -0.00000000667. The molecule has 4 heteroatoms. The van der Waals surface area contributed by atoms with E-state index in [9.17, 15) is 0 Å². The summed E-state index contributed by atoms with van der Waals surface area (Å²) in [6.07, 6.45) is 0. The van der Waals surface area contributed by atoms with E-state index in [2.05, 4.69) is 5.32 Å². The summed E-state index contributed by atoms with van der Waals surface area (Å²) in [4.78, 5) is 0. The standard InChI is InChI=1S/C2H6N.2H2S.Zn/c1-3-2;;;/h1-2H3;2*1H2;/q-1;;;/p-2. The summed E-state index contributed by atoms with van der Waals surface area (Å²) >= 11 is 0. The van der Waals surface area contributed by atoms with Gasteiger partial charge in [0.05, 0.1) is 0 Å². The average molecular weight is 176 g/mol. The molecule has 0 heterocycles. The minimum atomic E-state index is 0. The van der Waals surface area contributed by atoms with Crippen molar-refractivity contribution in [2.24, 2.45) is 0 Å². The molecule has 0 bridgehead atoms. The second-order valence-electron chi connectivity index (χ2n) is 0.447. The summed E-state index contributed by atoms with van der Waals surface area (Å²) in [6, 6.07) is 0. The van der Waals surface area contributed by atoms with E-state index in [1.165, 1.54) is 0 Å². The van der Waals surface area contributed by atoms with Crippen LogP contribution in [0, 0.1) is 0 Å². The molecule has 0 rings (SSSR count). The number of thiol groups is 2. The van der Waals surface area contributed by atoms with Gasteiger partial charge in [0, 0.05) is 19.5 Å². The molecule has 0 N–H and O–H groups in total. The van der Waals surface area contributed by atoms with Crippen LogP contribution in [0.5, 0.6) is 0 Å². The Morgan fingerprint density at radius 2 is 1.00 bits per heavy atom. The van der Waals surface area contributed by atoms with Gasteiger partial charge >= 0.3 is 0 Å². The molecule has 0 saturated carbocycles. The Morgan fingerprint density at radius 3 is 1.00 bits per heavy atom. The van der Waals surface area contributed by atoms with E-state index in [0.717, 1.165) is 0 Å². The minimum Gasteiger partial charge on any atom is -0.813 e. The quantitative estimate of drug-likeness (QED) is 0.294. The molecule has 0 aromatic carbocycles. The fourth-order valence-corrected chi connectivity index (χ4v) is 0. The van der Waals surface area contributed by atoms with Crippen molar-refractivity contribution < 1.29 is 19.5 Å². The molecular weight excluding hydrogens is 168 g/mol. The predicted octanol–water partition coefficient (Wildman–Crippen LogP) is 0.0770. The van der Waals surface area contributed by atoms with Crippen molar-refractivity contribution in [2.45, 2.75) is 0 Å². The number of hydrogen-bond donors (Lipinski definition) is 0. The molecule has 0 aromatic heterocycles. The van der Waals surface area contributed by atoms with Gasteiger partial charge < -0.3 is 32.3 Å². The van der Waals surface area contributed by atoms with Crippen LogP contribution in [-0.2, 0) is 46.5 Å². The monoisotopic (exact) mass is 174 g/mol. The largest absolute Gasteiger partial charge is 0.813 e. The third-order valence-electron chi connectivity index (χ3n) is 0. The molecule has 0 aliphatic carbocycles. The molecule has 0 radical (unpaired) electrons. The second-order valence-corrected chi connectivity index (χ2v) is 0.447. The van der Waals surface area contributed by atoms with Crippen molar-refractivity contribution >= 4 is 27.0 Å². The Bertz CT molecular complexity index is 11.5. The second kappa shape index (κ2) is 33.6. The summed E-state index contributed by atoms with van der Waals surface area (Å²) in [5.74, 6) is 0.